The van der Waals surface area contributed by atoms with Crippen molar-refractivity contribution in [1.29, 1.82) is 0 Å². The normalized spacial score (nSPS) is 25.5. The molecule has 2 aliphatic rings. The molecule has 3 heterocycles. The number of piperidine rings is 1. The molecule has 0 saturated carbocycles. The topological polar surface area (TPSA) is 41.4 Å². The van der Waals surface area contributed by atoms with Gasteiger partial charge in [-0.15, -0.1) is 0 Å². The highest BCUT2D eigenvalue weighted by molar-refractivity contribution is 5.76. The van der Waals surface area contributed by atoms with Gasteiger partial charge >= 0.3 is 0 Å². The lowest BCUT2D eigenvalue weighted by molar-refractivity contribution is -0.137. The maximum absolute atomic E-state index is 13.6. The Hall–Kier alpha value is -2.14. The van der Waals surface area contributed by atoms with Gasteiger partial charge in [0.15, 0.2) is 0 Å². The second-order valence-electron chi connectivity index (χ2n) is 8.88. The standard InChI is InChI=1S/C24H34N4O/c1-17-18(2)25-28(19(17)3)16-23(29)27-14-9-8-12-22-24(27)21(13-15-26(22)4)20-10-6-5-7-11-20/h5-7,10-11,21-22,24H,8-9,12-16H2,1-4H3/t21-,22-,24-/m1/s1. The van der Waals surface area contributed by atoms with Crippen LogP contribution in [0.15, 0.2) is 30.3 Å². The molecule has 0 radical (unpaired) electrons. The Balaban J connectivity index is 1.66. The third-order valence-electron chi connectivity index (χ3n) is 7.25. The summed E-state index contributed by atoms with van der Waals surface area (Å²) in [7, 11) is 2.23. The molecule has 0 bridgehead atoms. The summed E-state index contributed by atoms with van der Waals surface area (Å²) in [4.78, 5) is 18.3. The average Bonchev–Trinajstić information content (AvgIpc) is 2.90. The third kappa shape index (κ3) is 3.85. The van der Waals surface area contributed by atoms with Crippen LogP contribution in [0, 0.1) is 20.8 Å². The third-order valence-corrected chi connectivity index (χ3v) is 7.25. The van der Waals surface area contributed by atoms with Crippen molar-refractivity contribution in [3.8, 4) is 0 Å². The highest BCUT2D eigenvalue weighted by atomic mass is 16.2. The number of aromatic nitrogens is 2. The highest BCUT2D eigenvalue weighted by Crippen LogP contribution is 2.38. The number of fused-ring (bicyclic) bond motifs is 1. The first-order chi connectivity index (χ1) is 14.0. The molecule has 1 aromatic heterocycles. The predicted molar refractivity (Wildman–Crippen MR) is 116 cm³/mol. The van der Waals surface area contributed by atoms with E-state index in [2.05, 4.69) is 66.1 Å². The van der Waals surface area contributed by atoms with Crippen molar-refractivity contribution >= 4 is 5.91 Å². The van der Waals surface area contributed by atoms with E-state index in [-0.39, 0.29) is 11.9 Å². The average molecular weight is 395 g/mol. The van der Waals surface area contributed by atoms with Crippen molar-refractivity contribution in [2.24, 2.45) is 0 Å². The molecule has 5 heteroatoms. The van der Waals surface area contributed by atoms with Gasteiger partial charge in [-0.25, -0.2) is 0 Å². The molecule has 0 spiro atoms. The van der Waals surface area contributed by atoms with E-state index in [1.165, 1.54) is 24.0 Å². The Bertz CT molecular complexity index is 859. The van der Waals surface area contributed by atoms with Gasteiger partial charge in [0.05, 0.1) is 11.7 Å². The monoisotopic (exact) mass is 394 g/mol. The number of nitrogens with zero attached hydrogens (tertiary/aromatic N) is 4. The number of rotatable bonds is 3. The Morgan fingerprint density at radius 2 is 1.83 bits per heavy atom. The van der Waals surface area contributed by atoms with Crippen molar-refractivity contribution in [3.05, 3.63) is 52.8 Å². The number of carbonyl (C=O) groups is 1. The Morgan fingerprint density at radius 3 is 2.52 bits per heavy atom. The zero-order valence-corrected chi connectivity index (χ0v) is 18.3. The molecule has 1 amide bonds. The zero-order chi connectivity index (χ0) is 20.5. The minimum atomic E-state index is 0.212. The summed E-state index contributed by atoms with van der Waals surface area (Å²) in [6, 6.07) is 11.5. The van der Waals surface area contributed by atoms with Crippen LogP contribution in [0.5, 0.6) is 0 Å². The molecule has 0 unspecified atom stereocenters. The van der Waals surface area contributed by atoms with Crippen molar-refractivity contribution in [2.75, 3.05) is 20.1 Å². The number of likely N-dealkylation sites (N-methyl/N-ethyl adjacent to an activating group) is 1. The van der Waals surface area contributed by atoms with Crippen LogP contribution in [0.1, 0.15) is 54.1 Å². The van der Waals surface area contributed by atoms with E-state index in [0.717, 1.165) is 37.3 Å². The van der Waals surface area contributed by atoms with Crippen molar-refractivity contribution in [2.45, 2.75) is 71.0 Å². The fourth-order valence-corrected chi connectivity index (χ4v) is 5.32. The van der Waals surface area contributed by atoms with E-state index in [9.17, 15) is 4.79 Å². The van der Waals surface area contributed by atoms with Gasteiger partial charge in [-0.3, -0.25) is 9.48 Å². The van der Waals surface area contributed by atoms with Gasteiger partial charge in [0.1, 0.15) is 6.54 Å². The maximum Gasteiger partial charge on any atom is 0.244 e. The summed E-state index contributed by atoms with van der Waals surface area (Å²) >= 11 is 0. The van der Waals surface area contributed by atoms with E-state index in [1.54, 1.807) is 0 Å². The lowest BCUT2D eigenvalue weighted by atomic mass is 9.79. The first-order valence-corrected chi connectivity index (χ1v) is 11.0. The molecular weight excluding hydrogens is 360 g/mol. The first kappa shape index (κ1) is 20.1. The Labute approximate surface area is 174 Å². The molecule has 29 heavy (non-hydrogen) atoms. The van der Waals surface area contributed by atoms with Crippen LogP contribution in [-0.4, -0.2) is 57.7 Å². The van der Waals surface area contributed by atoms with Crippen LogP contribution < -0.4 is 0 Å². The summed E-state index contributed by atoms with van der Waals surface area (Å²) in [6.45, 7) is 8.47. The second kappa shape index (κ2) is 8.31. The minimum absolute atomic E-state index is 0.212. The lowest BCUT2D eigenvalue weighted by Crippen LogP contribution is -2.58. The zero-order valence-electron chi connectivity index (χ0n) is 18.3. The smallest absolute Gasteiger partial charge is 0.244 e. The van der Waals surface area contributed by atoms with Crippen LogP contribution in [0.4, 0.5) is 0 Å². The van der Waals surface area contributed by atoms with Crippen LogP contribution in [0.3, 0.4) is 0 Å². The maximum atomic E-state index is 13.6. The quantitative estimate of drug-likeness (QED) is 0.797. The molecule has 156 valence electrons. The molecule has 4 rings (SSSR count). The van der Waals surface area contributed by atoms with Crippen molar-refractivity contribution < 1.29 is 4.79 Å². The van der Waals surface area contributed by atoms with Gasteiger partial charge in [-0.05, 0) is 64.8 Å². The number of likely N-dealkylation sites (tertiary alicyclic amines) is 2. The molecule has 5 nitrogen and oxygen atoms in total. The van der Waals surface area contributed by atoms with E-state index >= 15 is 0 Å². The molecule has 0 N–H and O–H groups in total. The number of amides is 1. The molecule has 0 aliphatic carbocycles. The van der Waals surface area contributed by atoms with Crippen molar-refractivity contribution in [3.63, 3.8) is 0 Å². The van der Waals surface area contributed by atoms with Gasteiger partial charge in [-0.1, -0.05) is 36.8 Å². The molecule has 1 aromatic carbocycles. The van der Waals surface area contributed by atoms with E-state index < -0.39 is 0 Å². The van der Waals surface area contributed by atoms with E-state index in [1.807, 2.05) is 11.6 Å². The van der Waals surface area contributed by atoms with Gasteiger partial charge in [0.2, 0.25) is 5.91 Å². The summed E-state index contributed by atoms with van der Waals surface area (Å²) in [6.07, 6.45) is 4.55. The number of aryl methyl sites for hydroxylation is 1. The van der Waals surface area contributed by atoms with Crippen LogP contribution >= 0.6 is 0 Å². The number of hydrogen-bond donors (Lipinski definition) is 0. The molecule has 2 aromatic rings. The van der Waals surface area contributed by atoms with Crippen LogP contribution in [0.2, 0.25) is 0 Å². The second-order valence-corrected chi connectivity index (χ2v) is 8.88. The largest absolute Gasteiger partial charge is 0.336 e. The predicted octanol–water partition coefficient (Wildman–Crippen LogP) is 3.68. The summed E-state index contributed by atoms with van der Waals surface area (Å²) in [5, 5.41) is 4.62. The molecule has 2 aliphatic heterocycles. The van der Waals surface area contributed by atoms with Crippen LogP contribution in [0.25, 0.3) is 0 Å². The first-order valence-electron chi connectivity index (χ1n) is 11.0. The van der Waals surface area contributed by atoms with Gasteiger partial charge in [0, 0.05) is 24.2 Å². The summed E-state index contributed by atoms with van der Waals surface area (Å²) < 4.78 is 1.90. The lowest BCUT2D eigenvalue weighted by Gasteiger charge is -2.48. The highest BCUT2D eigenvalue weighted by Gasteiger charge is 2.43. The van der Waals surface area contributed by atoms with Gasteiger partial charge in [-0.2, -0.15) is 5.10 Å². The Kier molecular flexibility index (Phi) is 5.77. The SMILES string of the molecule is Cc1nn(CC(=O)N2CCCC[C@@H]3[C@H]2[C@@H](c2ccccc2)CCN3C)c(C)c1C. The van der Waals surface area contributed by atoms with E-state index in [0.29, 0.717) is 18.5 Å². The summed E-state index contributed by atoms with van der Waals surface area (Å²) in [5.74, 6) is 0.616. The molecule has 2 saturated heterocycles. The summed E-state index contributed by atoms with van der Waals surface area (Å²) in [5.41, 5.74) is 4.68. The van der Waals surface area contributed by atoms with Gasteiger partial charge < -0.3 is 9.80 Å². The van der Waals surface area contributed by atoms with Gasteiger partial charge in [0.25, 0.3) is 0 Å². The fourth-order valence-electron chi connectivity index (χ4n) is 5.32. The molecule has 2 fully saturated rings. The minimum Gasteiger partial charge on any atom is -0.336 e. The number of benzene rings is 1. The number of carbonyl (C=O) groups excluding carboxylic acids is 1. The number of hydrogen-bond acceptors (Lipinski definition) is 3. The molecular formula is C24H34N4O. The Morgan fingerprint density at radius 1 is 1.07 bits per heavy atom. The fraction of sp³-hybridized carbons (Fsp3) is 0.583. The van der Waals surface area contributed by atoms with Crippen LogP contribution in [-0.2, 0) is 11.3 Å². The van der Waals surface area contributed by atoms with Crippen molar-refractivity contribution in [1.82, 2.24) is 19.6 Å². The molecule has 3 atom stereocenters. The van der Waals surface area contributed by atoms with E-state index in [4.69, 9.17) is 0 Å².